The van der Waals surface area contributed by atoms with E-state index in [1.165, 1.54) is 18.7 Å². The number of likely N-dealkylation sites (tertiary alicyclic amines) is 1. The highest BCUT2D eigenvalue weighted by molar-refractivity contribution is 5.87. The molecule has 1 rings (SSSR count). The van der Waals surface area contributed by atoms with Gasteiger partial charge >= 0.3 is 12.1 Å². The average Bonchev–Trinajstić information content (AvgIpc) is 2.90. The number of amides is 2. The number of nitriles is 1. The smallest absolute Gasteiger partial charge is 0.410 e. The number of rotatable bonds is 4. The molecule has 8 nitrogen and oxygen atoms in total. The van der Waals surface area contributed by atoms with E-state index >= 15 is 0 Å². The standard InChI is InChI=1S/C16H25N3O5/c1-10(20)23-11(2)24-15(22)18-13(16(3,4)5)14(21)19-8-6-7-12(19)9-17/h11-13H,6-8H2,1-5H3,(H,18,22). The first-order valence-electron chi connectivity index (χ1n) is 7.90. The zero-order valence-corrected chi connectivity index (χ0v) is 14.8. The summed E-state index contributed by atoms with van der Waals surface area (Å²) in [5.74, 6) is -0.892. The van der Waals surface area contributed by atoms with Crippen molar-refractivity contribution in [3.8, 4) is 6.07 Å². The first-order valence-corrected chi connectivity index (χ1v) is 7.90. The van der Waals surface area contributed by atoms with Gasteiger partial charge in [-0.2, -0.15) is 5.26 Å². The first kappa shape index (κ1) is 19.7. The SMILES string of the molecule is CC(=O)OC(C)OC(=O)NC(C(=O)N1CCCC1C#N)C(C)(C)C. The van der Waals surface area contributed by atoms with Crippen LogP contribution in [0.2, 0.25) is 0 Å². The molecule has 8 heteroatoms. The van der Waals surface area contributed by atoms with Crippen molar-refractivity contribution in [2.75, 3.05) is 6.54 Å². The van der Waals surface area contributed by atoms with E-state index in [4.69, 9.17) is 14.7 Å². The molecule has 134 valence electrons. The van der Waals surface area contributed by atoms with Gasteiger partial charge in [0.15, 0.2) is 0 Å². The van der Waals surface area contributed by atoms with Crippen LogP contribution in [0.1, 0.15) is 47.5 Å². The predicted molar refractivity (Wildman–Crippen MR) is 84.4 cm³/mol. The van der Waals surface area contributed by atoms with Crippen LogP contribution in [0.5, 0.6) is 0 Å². The summed E-state index contributed by atoms with van der Waals surface area (Å²) in [7, 11) is 0. The normalized spacial score (nSPS) is 19.8. The highest BCUT2D eigenvalue weighted by Crippen LogP contribution is 2.25. The summed E-state index contributed by atoms with van der Waals surface area (Å²) < 4.78 is 9.65. The fraction of sp³-hybridized carbons (Fsp3) is 0.750. The van der Waals surface area contributed by atoms with Gasteiger partial charge in [0.25, 0.3) is 0 Å². The van der Waals surface area contributed by atoms with Crippen LogP contribution >= 0.6 is 0 Å². The molecule has 0 radical (unpaired) electrons. The molecule has 1 heterocycles. The lowest BCUT2D eigenvalue weighted by molar-refractivity contribution is -0.162. The Kier molecular flexibility index (Phi) is 6.58. The van der Waals surface area contributed by atoms with Gasteiger partial charge in [0, 0.05) is 20.4 Å². The summed E-state index contributed by atoms with van der Waals surface area (Å²) >= 11 is 0. The second kappa shape index (κ2) is 7.99. The topological polar surface area (TPSA) is 109 Å². The van der Waals surface area contributed by atoms with Crippen molar-refractivity contribution in [1.29, 1.82) is 5.26 Å². The molecule has 3 atom stereocenters. The lowest BCUT2D eigenvalue weighted by Crippen LogP contribution is -2.56. The number of esters is 1. The molecule has 0 bridgehead atoms. The Hall–Kier alpha value is -2.30. The number of carbonyl (C=O) groups is 3. The Morgan fingerprint density at radius 1 is 1.29 bits per heavy atom. The van der Waals surface area contributed by atoms with Gasteiger partial charge in [-0.1, -0.05) is 20.8 Å². The molecular formula is C16H25N3O5. The summed E-state index contributed by atoms with van der Waals surface area (Å²) in [6, 6.07) is 0.782. The molecule has 0 aliphatic carbocycles. The predicted octanol–water partition coefficient (Wildman–Crippen LogP) is 1.55. The fourth-order valence-corrected chi connectivity index (χ4v) is 2.54. The van der Waals surface area contributed by atoms with Gasteiger partial charge in [-0.3, -0.25) is 9.59 Å². The second-order valence-electron chi connectivity index (χ2n) is 6.84. The zero-order chi connectivity index (χ0) is 18.5. The third kappa shape index (κ3) is 5.41. The van der Waals surface area contributed by atoms with Gasteiger partial charge in [-0.15, -0.1) is 0 Å². The molecule has 1 saturated heterocycles. The highest BCUT2D eigenvalue weighted by Gasteiger charge is 2.40. The molecule has 1 aliphatic rings. The van der Waals surface area contributed by atoms with E-state index in [0.717, 1.165) is 6.42 Å². The summed E-state index contributed by atoms with van der Waals surface area (Å²) in [6.07, 6.45) is -0.525. The minimum absolute atomic E-state index is 0.316. The summed E-state index contributed by atoms with van der Waals surface area (Å²) in [6.45, 7) is 8.52. The van der Waals surface area contributed by atoms with Crippen LogP contribution in [0.25, 0.3) is 0 Å². The lowest BCUT2D eigenvalue weighted by Gasteiger charge is -2.34. The Morgan fingerprint density at radius 3 is 2.42 bits per heavy atom. The number of hydrogen-bond donors (Lipinski definition) is 1. The molecule has 0 aromatic heterocycles. The molecule has 1 N–H and O–H groups in total. The van der Waals surface area contributed by atoms with E-state index in [-0.39, 0.29) is 5.91 Å². The molecule has 0 aromatic carbocycles. The lowest BCUT2D eigenvalue weighted by atomic mass is 9.85. The molecule has 1 fully saturated rings. The second-order valence-corrected chi connectivity index (χ2v) is 6.84. The van der Waals surface area contributed by atoms with Gasteiger partial charge in [0.05, 0.1) is 6.07 Å². The third-order valence-corrected chi connectivity index (χ3v) is 3.66. The first-order chi connectivity index (χ1) is 11.1. The fourth-order valence-electron chi connectivity index (χ4n) is 2.54. The molecule has 2 amide bonds. The van der Waals surface area contributed by atoms with Gasteiger partial charge in [-0.25, -0.2) is 4.79 Å². The van der Waals surface area contributed by atoms with E-state index < -0.39 is 35.9 Å². The number of nitrogens with one attached hydrogen (secondary N) is 1. The van der Waals surface area contributed by atoms with Gasteiger partial charge in [-0.05, 0) is 18.3 Å². The van der Waals surface area contributed by atoms with Crippen LogP contribution in [0, 0.1) is 16.7 Å². The van der Waals surface area contributed by atoms with Crippen LogP contribution in [-0.2, 0) is 19.1 Å². The van der Waals surface area contributed by atoms with Crippen molar-refractivity contribution in [2.45, 2.75) is 65.8 Å². The van der Waals surface area contributed by atoms with Crippen molar-refractivity contribution in [1.82, 2.24) is 10.2 Å². The minimum Gasteiger partial charge on any atom is -0.426 e. The monoisotopic (exact) mass is 339 g/mol. The van der Waals surface area contributed by atoms with Crippen molar-refractivity contribution < 1.29 is 23.9 Å². The third-order valence-electron chi connectivity index (χ3n) is 3.66. The van der Waals surface area contributed by atoms with Gasteiger partial charge in [0.1, 0.15) is 12.1 Å². The zero-order valence-electron chi connectivity index (χ0n) is 14.8. The highest BCUT2D eigenvalue weighted by atomic mass is 16.7. The minimum atomic E-state index is -1.06. The van der Waals surface area contributed by atoms with E-state index in [9.17, 15) is 14.4 Å². The summed E-state index contributed by atoms with van der Waals surface area (Å²) in [4.78, 5) is 37.1. The Bertz CT molecular complexity index is 535. The maximum absolute atomic E-state index is 12.8. The average molecular weight is 339 g/mol. The van der Waals surface area contributed by atoms with Crippen molar-refractivity contribution >= 4 is 18.0 Å². The maximum atomic E-state index is 12.8. The van der Waals surface area contributed by atoms with Crippen LogP contribution in [-0.4, -0.2) is 47.8 Å². The van der Waals surface area contributed by atoms with Crippen LogP contribution in [0.15, 0.2) is 0 Å². The maximum Gasteiger partial charge on any atom is 0.410 e. The van der Waals surface area contributed by atoms with E-state index in [0.29, 0.717) is 13.0 Å². The van der Waals surface area contributed by atoms with Crippen LogP contribution < -0.4 is 5.32 Å². The number of hydrogen-bond acceptors (Lipinski definition) is 6. The Morgan fingerprint density at radius 2 is 1.92 bits per heavy atom. The van der Waals surface area contributed by atoms with E-state index in [1.54, 1.807) is 0 Å². The summed E-state index contributed by atoms with van der Waals surface area (Å²) in [5, 5.41) is 11.7. The van der Waals surface area contributed by atoms with Gasteiger partial charge < -0.3 is 19.7 Å². The van der Waals surface area contributed by atoms with Crippen molar-refractivity contribution in [3.05, 3.63) is 0 Å². The summed E-state index contributed by atoms with van der Waals surface area (Å²) in [5.41, 5.74) is -0.580. The molecule has 0 spiro atoms. The largest absolute Gasteiger partial charge is 0.426 e. The molecule has 1 aliphatic heterocycles. The number of ether oxygens (including phenoxy) is 2. The van der Waals surface area contributed by atoms with Gasteiger partial charge in [0.2, 0.25) is 12.2 Å². The van der Waals surface area contributed by atoms with Crippen LogP contribution in [0.3, 0.4) is 0 Å². The van der Waals surface area contributed by atoms with E-state index in [1.807, 2.05) is 20.8 Å². The number of carbonyl (C=O) groups excluding carboxylic acids is 3. The van der Waals surface area contributed by atoms with E-state index in [2.05, 4.69) is 11.4 Å². The number of alkyl carbamates (subject to hydrolysis) is 1. The molecule has 3 unspecified atom stereocenters. The molecule has 0 aromatic rings. The molecule has 24 heavy (non-hydrogen) atoms. The van der Waals surface area contributed by atoms with Crippen LogP contribution in [0.4, 0.5) is 4.79 Å². The Labute approximate surface area is 142 Å². The molecular weight excluding hydrogens is 314 g/mol. The van der Waals surface area contributed by atoms with Crippen molar-refractivity contribution in [2.24, 2.45) is 5.41 Å². The molecule has 0 saturated carbocycles. The Balaban J connectivity index is 2.80. The quantitative estimate of drug-likeness (QED) is 0.615. The van der Waals surface area contributed by atoms with Crippen molar-refractivity contribution in [3.63, 3.8) is 0 Å². The number of nitrogens with zero attached hydrogens (tertiary/aromatic N) is 2.